The Balaban J connectivity index is 1.98. The second-order valence-electron chi connectivity index (χ2n) is 4.56. The van der Waals surface area contributed by atoms with Gasteiger partial charge >= 0.3 is 0 Å². The van der Waals surface area contributed by atoms with E-state index in [9.17, 15) is 0 Å². The van der Waals surface area contributed by atoms with Crippen molar-refractivity contribution in [1.82, 2.24) is 5.32 Å². The molecule has 0 fully saturated rings. The number of hydrogen-bond donors (Lipinski definition) is 1. The molecule has 1 aromatic carbocycles. The highest BCUT2D eigenvalue weighted by molar-refractivity contribution is 5.40. The average Bonchev–Trinajstić information content (AvgIpc) is 2.86. The molecule has 0 unspecified atom stereocenters. The van der Waals surface area contributed by atoms with Crippen LogP contribution in [0.2, 0.25) is 0 Å². The summed E-state index contributed by atoms with van der Waals surface area (Å²) in [5, 5.41) is 3.30. The summed E-state index contributed by atoms with van der Waals surface area (Å²) in [5.74, 6) is 7.80. The van der Waals surface area contributed by atoms with E-state index < -0.39 is 0 Å². The van der Waals surface area contributed by atoms with Gasteiger partial charge in [0.1, 0.15) is 5.76 Å². The molecule has 1 aromatic heterocycles. The highest BCUT2D eigenvalue weighted by Gasteiger charge is 1.98. The van der Waals surface area contributed by atoms with Crippen molar-refractivity contribution in [3.63, 3.8) is 0 Å². The summed E-state index contributed by atoms with van der Waals surface area (Å²) in [6.07, 6.45) is 1.13. The van der Waals surface area contributed by atoms with Crippen LogP contribution in [0.5, 0.6) is 0 Å². The van der Waals surface area contributed by atoms with E-state index in [2.05, 4.69) is 43.1 Å². The van der Waals surface area contributed by atoms with E-state index >= 15 is 0 Å². The van der Waals surface area contributed by atoms with E-state index in [0.29, 0.717) is 5.76 Å². The molecule has 0 spiro atoms. The Kier molecular flexibility index (Phi) is 4.83. The molecule has 0 bridgehead atoms. The van der Waals surface area contributed by atoms with Crippen molar-refractivity contribution in [3.8, 4) is 11.8 Å². The van der Waals surface area contributed by atoms with Gasteiger partial charge in [0, 0.05) is 5.56 Å². The zero-order valence-corrected chi connectivity index (χ0v) is 11.5. The first-order valence-corrected chi connectivity index (χ1v) is 6.66. The fourth-order valence-electron chi connectivity index (χ4n) is 1.70. The third kappa shape index (κ3) is 4.31. The number of hydrogen-bond acceptors (Lipinski definition) is 2. The van der Waals surface area contributed by atoms with Crippen molar-refractivity contribution >= 4 is 0 Å². The molecule has 2 aromatic rings. The number of rotatable bonds is 4. The lowest BCUT2D eigenvalue weighted by atomic mass is 10.1. The first kappa shape index (κ1) is 13.5. The van der Waals surface area contributed by atoms with Crippen molar-refractivity contribution in [2.75, 3.05) is 6.54 Å². The Morgan fingerprint density at radius 2 is 1.84 bits per heavy atom. The maximum atomic E-state index is 5.64. The Morgan fingerprint density at radius 3 is 2.58 bits per heavy atom. The lowest BCUT2D eigenvalue weighted by molar-refractivity contribution is 0.475. The SMILES string of the molecule is CCCNCc1ccc(C#Cc2ccc(C)cc2)o1. The van der Waals surface area contributed by atoms with Gasteiger partial charge in [-0.15, -0.1) is 0 Å². The van der Waals surface area contributed by atoms with Gasteiger partial charge in [0.15, 0.2) is 5.76 Å². The normalized spacial score (nSPS) is 10.0. The lowest BCUT2D eigenvalue weighted by Crippen LogP contribution is -2.12. The van der Waals surface area contributed by atoms with Crippen LogP contribution >= 0.6 is 0 Å². The van der Waals surface area contributed by atoms with Crippen LogP contribution in [0.25, 0.3) is 0 Å². The molecular formula is C17H19NO. The molecule has 0 saturated heterocycles. The molecule has 98 valence electrons. The molecule has 0 aliphatic rings. The Labute approximate surface area is 114 Å². The smallest absolute Gasteiger partial charge is 0.177 e. The van der Waals surface area contributed by atoms with Crippen LogP contribution in [0.15, 0.2) is 40.8 Å². The molecule has 19 heavy (non-hydrogen) atoms. The average molecular weight is 253 g/mol. The second kappa shape index (κ2) is 6.82. The molecule has 2 nitrogen and oxygen atoms in total. The monoisotopic (exact) mass is 253 g/mol. The topological polar surface area (TPSA) is 25.2 Å². The Morgan fingerprint density at radius 1 is 1.05 bits per heavy atom. The van der Waals surface area contributed by atoms with Gasteiger partial charge in [-0.2, -0.15) is 0 Å². The first-order valence-electron chi connectivity index (χ1n) is 6.66. The predicted molar refractivity (Wildman–Crippen MR) is 77.9 cm³/mol. The summed E-state index contributed by atoms with van der Waals surface area (Å²) < 4.78 is 5.64. The van der Waals surface area contributed by atoms with Crippen molar-refractivity contribution in [2.24, 2.45) is 0 Å². The fourth-order valence-corrected chi connectivity index (χ4v) is 1.70. The van der Waals surface area contributed by atoms with Crippen LogP contribution in [0, 0.1) is 18.8 Å². The van der Waals surface area contributed by atoms with E-state index in [-0.39, 0.29) is 0 Å². The van der Waals surface area contributed by atoms with Gasteiger partial charge < -0.3 is 9.73 Å². The van der Waals surface area contributed by atoms with E-state index in [4.69, 9.17) is 4.42 Å². The third-order valence-electron chi connectivity index (χ3n) is 2.77. The minimum absolute atomic E-state index is 0.717. The Bertz CT molecular complexity index is 569. The number of nitrogens with one attached hydrogen (secondary N) is 1. The van der Waals surface area contributed by atoms with Crippen molar-refractivity contribution in [3.05, 3.63) is 59.0 Å². The summed E-state index contributed by atoms with van der Waals surface area (Å²) in [5.41, 5.74) is 2.25. The molecule has 0 aliphatic carbocycles. The molecular weight excluding hydrogens is 234 g/mol. The number of benzene rings is 1. The molecule has 1 heterocycles. The molecule has 0 saturated carbocycles. The summed E-state index contributed by atoms with van der Waals surface area (Å²) in [6, 6.07) is 12.1. The van der Waals surface area contributed by atoms with Gasteiger partial charge in [-0.1, -0.05) is 30.5 Å². The standard InChI is InChI=1S/C17H19NO/c1-3-12-18-13-17-11-10-16(19-17)9-8-15-6-4-14(2)5-7-15/h4-7,10-11,18H,3,12-13H2,1-2H3. The molecule has 0 radical (unpaired) electrons. The predicted octanol–water partition coefficient (Wildman–Crippen LogP) is 3.49. The van der Waals surface area contributed by atoms with Crippen LogP contribution in [0.1, 0.15) is 36.0 Å². The highest BCUT2D eigenvalue weighted by atomic mass is 16.3. The van der Waals surface area contributed by atoms with Crippen LogP contribution < -0.4 is 5.32 Å². The minimum Gasteiger partial charge on any atom is -0.451 e. The molecule has 0 aliphatic heterocycles. The van der Waals surface area contributed by atoms with Crippen molar-refractivity contribution in [2.45, 2.75) is 26.8 Å². The summed E-state index contributed by atoms with van der Waals surface area (Å²) in [7, 11) is 0. The zero-order chi connectivity index (χ0) is 13.5. The first-order chi connectivity index (χ1) is 9.28. The molecule has 0 atom stereocenters. The Hall–Kier alpha value is -1.98. The van der Waals surface area contributed by atoms with Crippen molar-refractivity contribution < 1.29 is 4.42 Å². The lowest BCUT2D eigenvalue weighted by Gasteiger charge is -1.97. The van der Waals surface area contributed by atoms with Crippen LogP contribution in [-0.4, -0.2) is 6.54 Å². The zero-order valence-electron chi connectivity index (χ0n) is 11.5. The van der Waals surface area contributed by atoms with Crippen LogP contribution in [-0.2, 0) is 6.54 Å². The maximum Gasteiger partial charge on any atom is 0.177 e. The van der Waals surface area contributed by atoms with Crippen LogP contribution in [0.3, 0.4) is 0 Å². The van der Waals surface area contributed by atoms with Crippen LogP contribution in [0.4, 0.5) is 0 Å². The maximum absolute atomic E-state index is 5.64. The van der Waals surface area contributed by atoms with Gasteiger partial charge in [-0.05, 0) is 50.1 Å². The van der Waals surface area contributed by atoms with Gasteiger partial charge in [-0.25, -0.2) is 0 Å². The van der Waals surface area contributed by atoms with Gasteiger partial charge in [0.2, 0.25) is 0 Å². The summed E-state index contributed by atoms with van der Waals surface area (Å²) in [4.78, 5) is 0. The summed E-state index contributed by atoms with van der Waals surface area (Å²) >= 11 is 0. The minimum atomic E-state index is 0.717. The summed E-state index contributed by atoms with van der Waals surface area (Å²) in [6.45, 7) is 5.98. The largest absolute Gasteiger partial charge is 0.451 e. The van der Waals surface area contributed by atoms with E-state index in [1.54, 1.807) is 0 Å². The van der Waals surface area contributed by atoms with Gasteiger partial charge in [0.25, 0.3) is 0 Å². The van der Waals surface area contributed by atoms with Crippen molar-refractivity contribution in [1.29, 1.82) is 0 Å². The molecule has 1 N–H and O–H groups in total. The quantitative estimate of drug-likeness (QED) is 0.666. The highest BCUT2D eigenvalue weighted by Crippen LogP contribution is 2.07. The third-order valence-corrected chi connectivity index (χ3v) is 2.77. The fraction of sp³-hybridized carbons (Fsp3) is 0.294. The number of aryl methyl sites for hydroxylation is 1. The van der Waals surface area contributed by atoms with Gasteiger partial charge in [0.05, 0.1) is 6.54 Å². The van der Waals surface area contributed by atoms with E-state index in [1.165, 1.54) is 5.56 Å². The van der Waals surface area contributed by atoms with E-state index in [1.807, 2.05) is 24.3 Å². The molecule has 0 amide bonds. The van der Waals surface area contributed by atoms with Gasteiger partial charge in [-0.3, -0.25) is 0 Å². The molecule has 2 heteroatoms. The number of furan rings is 1. The molecule has 2 rings (SSSR count). The second-order valence-corrected chi connectivity index (χ2v) is 4.56. The van der Waals surface area contributed by atoms with E-state index in [0.717, 1.165) is 30.8 Å².